The third-order valence-corrected chi connectivity index (χ3v) is 8.13. The molecule has 1 aliphatic rings. The maximum atomic E-state index is 13.8. The summed E-state index contributed by atoms with van der Waals surface area (Å²) in [4.78, 5) is 32.1. The van der Waals surface area contributed by atoms with E-state index in [1.165, 1.54) is 23.0 Å². The third-order valence-electron chi connectivity index (χ3n) is 6.57. The van der Waals surface area contributed by atoms with Gasteiger partial charge in [0.05, 0.1) is 10.7 Å². The Morgan fingerprint density at radius 1 is 1.14 bits per heavy atom. The predicted octanol–water partition coefficient (Wildman–Crippen LogP) is 4.99. The van der Waals surface area contributed by atoms with Crippen LogP contribution in [0.3, 0.4) is 0 Å². The van der Waals surface area contributed by atoms with Crippen LogP contribution in [0.4, 0.5) is 13.2 Å². The number of halogens is 5. The number of hydrogen-bond donors (Lipinski definition) is 1. The van der Waals surface area contributed by atoms with Crippen molar-refractivity contribution in [3.05, 3.63) is 80.5 Å². The zero-order chi connectivity index (χ0) is 30.0. The number of aromatic nitrogens is 7. The monoisotopic (exact) mass is 638 g/mol. The summed E-state index contributed by atoms with van der Waals surface area (Å²) in [6.07, 6.45) is -1.80. The highest BCUT2D eigenvalue weighted by atomic mass is 35.5. The molecular weight excluding hydrogens is 616 g/mol. The minimum Gasteiger partial charge on any atom is -0.349 e. The molecule has 0 bridgehead atoms. The molecule has 0 unspecified atom stereocenters. The second-order valence-corrected chi connectivity index (χ2v) is 11.7. The van der Waals surface area contributed by atoms with E-state index in [9.17, 15) is 22.8 Å². The van der Waals surface area contributed by atoms with Crippen molar-refractivity contribution in [3.8, 4) is 5.82 Å². The van der Waals surface area contributed by atoms with Crippen molar-refractivity contribution >= 4 is 46.7 Å². The molecule has 0 aliphatic carbocycles. The van der Waals surface area contributed by atoms with Crippen LogP contribution in [0.25, 0.3) is 5.82 Å². The van der Waals surface area contributed by atoms with E-state index < -0.39 is 17.8 Å². The molecular formula is C26H23Cl2F3N8O2S. The topological polar surface area (TPSA) is 120 Å². The van der Waals surface area contributed by atoms with E-state index in [0.29, 0.717) is 21.7 Å². The molecule has 0 radical (unpaired) electrons. The van der Waals surface area contributed by atoms with Gasteiger partial charge in [-0.05, 0) is 77.9 Å². The Kier molecular flexibility index (Phi) is 8.85. The molecule has 3 aromatic heterocycles. The number of amides is 1. The van der Waals surface area contributed by atoms with E-state index in [0.717, 1.165) is 29.1 Å². The first-order valence-electron chi connectivity index (χ1n) is 12.7. The lowest BCUT2D eigenvalue weighted by molar-refractivity contribution is -0.145. The molecule has 10 nitrogen and oxygen atoms in total. The molecule has 0 saturated carbocycles. The smallest absolute Gasteiger partial charge is 0.349 e. The fourth-order valence-electron chi connectivity index (χ4n) is 4.54. The van der Waals surface area contributed by atoms with Crippen molar-refractivity contribution in [2.45, 2.75) is 44.9 Å². The van der Waals surface area contributed by atoms with Gasteiger partial charge in [0, 0.05) is 29.2 Å². The summed E-state index contributed by atoms with van der Waals surface area (Å²) in [5.74, 6) is -0.116. The number of Topliss-reactive ketones (excluding diaryl/α,β-unsaturated/α-hetero) is 1. The molecule has 1 aliphatic heterocycles. The number of thioether (sulfide) groups is 1. The quantitative estimate of drug-likeness (QED) is 0.268. The summed E-state index contributed by atoms with van der Waals surface area (Å²) >= 11 is 14.5. The van der Waals surface area contributed by atoms with Crippen molar-refractivity contribution < 1.29 is 22.8 Å². The zero-order valence-corrected chi connectivity index (χ0v) is 24.4. The van der Waals surface area contributed by atoms with Crippen LogP contribution in [0.15, 0.2) is 36.5 Å². The molecule has 0 spiro atoms. The Labute approximate surface area is 252 Å². The molecule has 0 atom stereocenters. The summed E-state index contributed by atoms with van der Waals surface area (Å²) in [7, 11) is 0. The second kappa shape index (κ2) is 12.4. The van der Waals surface area contributed by atoms with Gasteiger partial charge >= 0.3 is 6.18 Å². The molecule has 16 heteroatoms. The van der Waals surface area contributed by atoms with Crippen LogP contribution in [-0.4, -0.2) is 64.2 Å². The van der Waals surface area contributed by atoms with Crippen molar-refractivity contribution in [2.75, 3.05) is 11.5 Å². The first-order chi connectivity index (χ1) is 20.0. The summed E-state index contributed by atoms with van der Waals surface area (Å²) in [5, 5.41) is 17.8. The molecule has 1 fully saturated rings. The number of tetrazole rings is 1. The SMILES string of the molecule is Cc1cc(Cl)cc(C(=O)NC2CCSCC2)c1CC(=O)c1cc(Cn2nnc(C(F)(F)F)n2)nn1-c1ncccc1Cl. The highest BCUT2D eigenvalue weighted by Crippen LogP contribution is 2.27. The molecule has 1 aromatic carbocycles. The Bertz CT molecular complexity index is 1640. The minimum absolute atomic E-state index is 0.0279. The van der Waals surface area contributed by atoms with E-state index in [1.807, 2.05) is 11.8 Å². The lowest BCUT2D eigenvalue weighted by atomic mass is 9.95. The van der Waals surface area contributed by atoms with Gasteiger partial charge in [0.15, 0.2) is 11.6 Å². The van der Waals surface area contributed by atoms with Gasteiger partial charge in [0.25, 0.3) is 11.7 Å². The Morgan fingerprint density at radius 2 is 1.90 bits per heavy atom. The molecule has 42 heavy (non-hydrogen) atoms. The van der Waals surface area contributed by atoms with Gasteiger partial charge in [-0.3, -0.25) is 9.59 Å². The predicted molar refractivity (Wildman–Crippen MR) is 150 cm³/mol. The molecule has 1 saturated heterocycles. The fraction of sp³-hybridized carbons (Fsp3) is 0.346. The summed E-state index contributed by atoms with van der Waals surface area (Å²) < 4.78 is 40.1. The molecule has 1 N–H and O–H groups in total. The average molecular weight is 639 g/mol. The van der Waals surface area contributed by atoms with Crippen LogP contribution < -0.4 is 5.32 Å². The van der Waals surface area contributed by atoms with Crippen LogP contribution >= 0.6 is 35.0 Å². The number of alkyl halides is 3. The first kappa shape index (κ1) is 30.0. The molecule has 5 rings (SSSR count). The van der Waals surface area contributed by atoms with Crippen LogP contribution in [0, 0.1) is 6.92 Å². The average Bonchev–Trinajstić information content (AvgIpc) is 3.58. The highest BCUT2D eigenvalue weighted by Gasteiger charge is 2.37. The highest BCUT2D eigenvalue weighted by molar-refractivity contribution is 7.99. The number of nitrogens with one attached hydrogen (secondary N) is 1. The maximum Gasteiger partial charge on any atom is 0.455 e. The number of carbonyl (C=O) groups is 2. The van der Waals surface area contributed by atoms with E-state index in [2.05, 4.69) is 30.8 Å². The van der Waals surface area contributed by atoms with Crippen molar-refractivity contribution in [2.24, 2.45) is 0 Å². The standard InChI is InChI=1S/C26H23Cl2F3N8O2S/c1-14-9-15(27)10-19(24(41)33-16-4-7-42-8-5-16)18(14)12-22(40)21-11-17(13-38-36-25(34-37-38)26(29,30)31)35-39(21)23-20(28)3-2-6-32-23/h2-3,6,9-11,16H,4-5,7-8,12-13H2,1H3,(H,33,41). The minimum atomic E-state index is -4.77. The normalized spacial score (nSPS) is 14.2. The molecule has 1 amide bonds. The lowest BCUT2D eigenvalue weighted by Gasteiger charge is -2.23. The van der Waals surface area contributed by atoms with Crippen molar-refractivity contribution in [3.63, 3.8) is 0 Å². The number of benzene rings is 1. The summed E-state index contributed by atoms with van der Waals surface area (Å²) in [6, 6.07) is 7.79. The van der Waals surface area contributed by atoms with E-state index in [1.54, 1.807) is 25.1 Å². The van der Waals surface area contributed by atoms with Crippen LogP contribution in [-0.2, 0) is 19.1 Å². The first-order valence-corrected chi connectivity index (χ1v) is 14.7. The lowest BCUT2D eigenvalue weighted by Crippen LogP contribution is -2.38. The van der Waals surface area contributed by atoms with Crippen molar-refractivity contribution in [1.82, 2.24) is 40.3 Å². The van der Waals surface area contributed by atoms with Gasteiger partial charge in [0.2, 0.25) is 0 Å². The Balaban J connectivity index is 1.48. The second-order valence-electron chi connectivity index (χ2n) is 9.59. The van der Waals surface area contributed by atoms with E-state index in [-0.39, 0.29) is 47.1 Å². The fourth-order valence-corrected chi connectivity index (χ4v) is 6.12. The van der Waals surface area contributed by atoms with Crippen LogP contribution in [0.5, 0.6) is 0 Å². The number of carbonyl (C=O) groups excluding carboxylic acids is 2. The largest absolute Gasteiger partial charge is 0.455 e. The number of aryl methyl sites for hydroxylation is 1. The van der Waals surface area contributed by atoms with Crippen LogP contribution in [0.2, 0.25) is 10.0 Å². The van der Waals surface area contributed by atoms with Gasteiger partial charge in [-0.15, -0.1) is 10.2 Å². The van der Waals surface area contributed by atoms with Gasteiger partial charge < -0.3 is 5.32 Å². The van der Waals surface area contributed by atoms with Crippen LogP contribution in [0.1, 0.15) is 56.3 Å². The maximum absolute atomic E-state index is 13.8. The number of rotatable bonds is 8. The Hall–Kier alpha value is -3.49. The van der Waals surface area contributed by atoms with Gasteiger partial charge in [-0.25, -0.2) is 9.67 Å². The van der Waals surface area contributed by atoms with Gasteiger partial charge in [-0.2, -0.15) is 34.8 Å². The van der Waals surface area contributed by atoms with E-state index in [4.69, 9.17) is 23.2 Å². The number of pyridine rings is 1. The third kappa shape index (κ3) is 6.76. The number of ketones is 1. The molecule has 4 heterocycles. The number of nitrogens with zero attached hydrogens (tertiary/aromatic N) is 7. The van der Waals surface area contributed by atoms with Gasteiger partial charge in [0.1, 0.15) is 12.2 Å². The van der Waals surface area contributed by atoms with Gasteiger partial charge in [-0.1, -0.05) is 23.2 Å². The zero-order valence-electron chi connectivity index (χ0n) is 22.0. The number of hydrogen-bond acceptors (Lipinski definition) is 8. The Morgan fingerprint density at radius 3 is 2.60 bits per heavy atom. The summed E-state index contributed by atoms with van der Waals surface area (Å²) in [5.41, 5.74) is 1.63. The van der Waals surface area contributed by atoms with E-state index >= 15 is 0 Å². The molecule has 4 aromatic rings. The summed E-state index contributed by atoms with van der Waals surface area (Å²) in [6.45, 7) is 1.45. The van der Waals surface area contributed by atoms with Crippen molar-refractivity contribution in [1.29, 1.82) is 0 Å². The molecule has 220 valence electrons.